The first-order chi connectivity index (χ1) is 7.75. The molecule has 1 amide bonds. The van der Waals surface area contributed by atoms with E-state index >= 15 is 0 Å². The van der Waals surface area contributed by atoms with Crippen molar-refractivity contribution in [1.29, 1.82) is 0 Å². The SMILES string of the molecule is O=C1Nc2cc(C3CCNC3)ccc2C1O. The van der Waals surface area contributed by atoms with E-state index in [9.17, 15) is 9.90 Å². The molecule has 16 heavy (non-hydrogen) atoms. The molecule has 4 heteroatoms. The third-order valence-electron chi connectivity index (χ3n) is 3.41. The molecule has 1 fully saturated rings. The number of carbonyl (C=O) groups excluding carboxylic acids is 1. The number of aliphatic hydroxyl groups excluding tert-OH is 1. The first kappa shape index (κ1) is 9.81. The largest absolute Gasteiger partial charge is 0.378 e. The zero-order valence-electron chi connectivity index (χ0n) is 8.86. The lowest BCUT2D eigenvalue weighted by molar-refractivity contribution is -0.123. The van der Waals surface area contributed by atoms with Gasteiger partial charge in [-0.25, -0.2) is 0 Å². The molecule has 84 valence electrons. The van der Waals surface area contributed by atoms with Crippen molar-refractivity contribution < 1.29 is 9.90 Å². The highest BCUT2D eigenvalue weighted by atomic mass is 16.3. The van der Waals surface area contributed by atoms with Crippen LogP contribution >= 0.6 is 0 Å². The van der Waals surface area contributed by atoms with Crippen molar-refractivity contribution in [1.82, 2.24) is 5.32 Å². The molecule has 1 aromatic rings. The summed E-state index contributed by atoms with van der Waals surface area (Å²) in [5.41, 5.74) is 2.69. The zero-order chi connectivity index (χ0) is 11.1. The van der Waals surface area contributed by atoms with Crippen LogP contribution in [0, 0.1) is 0 Å². The molecule has 0 spiro atoms. The molecule has 4 nitrogen and oxygen atoms in total. The summed E-state index contributed by atoms with van der Waals surface area (Å²) in [7, 11) is 0. The Kier molecular flexibility index (Phi) is 2.19. The maximum atomic E-state index is 11.3. The number of carbonyl (C=O) groups is 1. The van der Waals surface area contributed by atoms with E-state index in [-0.39, 0.29) is 5.91 Å². The van der Waals surface area contributed by atoms with Crippen LogP contribution in [0.1, 0.15) is 29.6 Å². The van der Waals surface area contributed by atoms with E-state index in [1.807, 2.05) is 18.2 Å². The van der Waals surface area contributed by atoms with Crippen molar-refractivity contribution in [3.8, 4) is 0 Å². The van der Waals surface area contributed by atoms with E-state index in [2.05, 4.69) is 10.6 Å². The summed E-state index contributed by atoms with van der Waals surface area (Å²) in [4.78, 5) is 11.3. The predicted octanol–water partition coefficient (Wildman–Crippen LogP) is 0.749. The molecule has 2 atom stereocenters. The highest BCUT2D eigenvalue weighted by molar-refractivity contribution is 6.01. The van der Waals surface area contributed by atoms with Gasteiger partial charge in [0.1, 0.15) is 0 Å². The molecule has 3 rings (SSSR count). The molecule has 3 N–H and O–H groups in total. The zero-order valence-corrected chi connectivity index (χ0v) is 8.86. The number of fused-ring (bicyclic) bond motifs is 1. The van der Waals surface area contributed by atoms with Gasteiger partial charge in [-0.3, -0.25) is 4.79 Å². The first-order valence-electron chi connectivity index (χ1n) is 5.59. The van der Waals surface area contributed by atoms with E-state index in [0.29, 0.717) is 11.5 Å². The topological polar surface area (TPSA) is 61.4 Å². The summed E-state index contributed by atoms with van der Waals surface area (Å²) >= 11 is 0. The van der Waals surface area contributed by atoms with Gasteiger partial charge in [0.05, 0.1) is 0 Å². The number of rotatable bonds is 1. The minimum atomic E-state index is -0.995. The van der Waals surface area contributed by atoms with Gasteiger partial charge in [0, 0.05) is 17.8 Å². The quantitative estimate of drug-likeness (QED) is 0.652. The summed E-state index contributed by atoms with van der Waals surface area (Å²) in [6.45, 7) is 2.05. The molecule has 1 aromatic carbocycles. The molecule has 0 bridgehead atoms. The van der Waals surface area contributed by atoms with Gasteiger partial charge in [-0.05, 0) is 30.5 Å². The molecule has 0 aromatic heterocycles. The van der Waals surface area contributed by atoms with E-state index in [0.717, 1.165) is 25.2 Å². The number of anilines is 1. The van der Waals surface area contributed by atoms with Crippen molar-refractivity contribution in [3.05, 3.63) is 29.3 Å². The van der Waals surface area contributed by atoms with E-state index < -0.39 is 6.10 Å². The van der Waals surface area contributed by atoms with Gasteiger partial charge in [0.15, 0.2) is 6.10 Å². The summed E-state index contributed by atoms with van der Waals surface area (Å²) in [6, 6.07) is 5.85. The Morgan fingerprint density at radius 1 is 1.38 bits per heavy atom. The van der Waals surface area contributed by atoms with Crippen LogP contribution in [-0.4, -0.2) is 24.1 Å². The Labute approximate surface area is 93.7 Å². The van der Waals surface area contributed by atoms with Crippen molar-refractivity contribution in [2.75, 3.05) is 18.4 Å². The molecule has 2 aliphatic rings. The fourth-order valence-corrected chi connectivity index (χ4v) is 2.46. The maximum absolute atomic E-state index is 11.3. The van der Waals surface area contributed by atoms with Crippen LogP contribution in [0.4, 0.5) is 5.69 Å². The van der Waals surface area contributed by atoms with Crippen LogP contribution in [0.15, 0.2) is 18.2 Å². The van der Waals surface area contributed by atoms with E-state index in [1.54, 1.807) is 0 Å². The third-order valence-corrected chi connectivity index (χ3v) is 3.41. The number of aliphatic hydroxyl groups is 1. The molecule has 2 unspecified atom stereocenters. The smallest absolute Gasteiger partial charge is 0.257 e. The normalized spacial score (nSPS) is 27.9. The van der Waals surface area contributed by atoms with Crippen LogP contribution in [0.2, 0.25) is 0 Å². The van der Waals surface area contributed by atoms with Gasteiger partial charge in [-0.2, -0.15) is 0 Å². The molecule has 0 radical (unpaired) electrons. The van der Waals surface area contributed by atoms with E-state index in [1.165, 1.54) is 5.56 Å². The second kappa shape index (κ2) is 3.57. The molecule has 0 aliphatic carbocycles. The third kappa shape index (κ3) is 1.42. The van der Waals surface area contributed by atoms with Gasteiger partial charge in [0.25, 0.3) is 5.91 Å². The van der Waals surface area contributed by atoms with Crippen LogP contribution in [0.5, 0.6) is 0 Å². The summed E-state index contributed by atoms with van der Waals surface area (Å²) in [5.74, 6) is 0.205. The van der Waals surface area contributed by atoms with Crippen molar-refractivity contribution in [2.24, 2.45) is 0 Å². The Bertz CT molecular complexity index is 439. The first-order valence-corrected chi connectivity index (χ1v) is 5.59. The molecule has 2 aliphatic heterocycles. The minimum absolute atomic E-state index is 0.323. The molecular weight excluding hydrogens is 204 g/mol. The highest BCUT2D eigenvalue weighted by Gasteiger charge is 2.29. The number of amides is 1. The van der Waals surface area contributed by atoms with Crippen molar-refractivity contribution in [3.63, 3.8) is 0 Å². The highest BCUT2D eigenvalue weighted by Crippen LogP contribution is 2.34. The van der Waals surface area contributed by atoms with Gasteiger partial charge >= 0.3 is 0 Å². The van der Waals surface area contributed by atoms with Gasteiger partial charge < -0.3 is 15.7 Å². The number of nitrogens with one attached hydrogen (secondary N) is 2. The lowest BCUT2D eigenvalue weighted by atomic mass is 9.96. The summed E-state index contributed by atoms with van der Waals surface area (Å²) < 4.78 is 0. The monoisotopic (exact) mass is 218 g/mol. The van der Waals surface area contributed by atoms with Crippen molar-refractivity contribution >= 4 is 11.6 Å². The van der Waals surface area contributed by atoms with Gasteiger partial charge in [0.2, 0.25) is 0 Å². The summed E-state index contributed by atoms with van der Waals surface area (Å²) in [6.07, 6.45) is 0.140. The second-order valence-electron chi connectivity index (χ2n) is 4.43. The number of hydrogen-bond donors (Lipinski definition) is 3. The van der Waals surface area contributed by atoms with Crippen LogP contribution < -0.4 is 10.6 Å². The Balaban J connectivity index is 1.94. The van der Waals surface area contributed by atoms with Gasteiger partial charge in [-0.15, -0.1) is 0 Å². The Hall–Kier alpha value is -1.39. The molecule has 1 saturated heterocycles. The predicted molar refractivity (Wildman–Crippen MR) is 60.3 cm³/mol. The van der Waals surface area contributed by atoms with Gasteiger partial charge in [-0.1, -0.05) is 12.1 Å². The molecular formula is C12H14N2O2. The fourth-order valence-electron chi connectivity index (χ4n) is 2.46. The molecule has 0 saturated carbocycles. The minimum Gasteiger partial charge on any atom is -0.378 e. The lowest BCUT2D eigenvalue weighted by Gasteiger charge is -2.10. The van der Waals surface area contributed by atoms with Crippen LogP contribution in [0.3, 0.4) is 0 Å². The fraction of sp³-hybridized carbons (Fsp3) is 0.417. The standard InChI is InChI=1S/C12H14N2O2/c15-11-9-2-1-7(8-3-4-13-6-8)5-10(9)14-12(11)16/h1-2,5,8,11,13,15H,3-4,6H2,(H,14,16). The van der Waals surface area contributed by atoms with E-state index in [4.69, 9.17) is 0 Å². The summed E-state index contributed by atoms with van der Waals surface area (Å²) in [5, 5.41) is 15.6. The Morgan fingerprint density at radius 2 is 2.25 bits per heavy atom. The number of benzene rings is 1. The average molecular weight is 218 g/mol. The second-order valence-corrected chi connectivity index (χ2v) is 4.43. The maximum Gasteiger partial charge on any atom is 0.257 e. The van der Waals surface area contributed by atoms with Crippen LogP contribution in [-0.2, 0) is 4.79 Å². The Morgan fingerprint density at radius 3 is 3.00 bits per heavy atom. The molecule has 2 heterocycles. The number of hydrogen-bond acceptors (Lipinski definition) is 3. The van der Waals surface area contributed by atoms with Crippen molar-refractivity contribution in [2.45, 2.75) is 18.4 Å². The van der Waals surface area contributed by atoms with Crippen LogP contribution in [0.25, 0.3) is 0 Å². The average Bonchev–Trinajstić information content (AvgIpc) is 2.88. The lowest BCUT2D eigenvalue weighted by Crippen LogP contribution is -2.10.